The minimum Gasteiger partial charge on any atom is -0.441 e. The summed E-state index contributed by atoms with van der Waals surface area (Å²) in [4.78, 5) is 6.73. The molecule has 0 radical (unpaired) electrons. The molecule has 0 saturated carbocycles. The molecule has 0 spiro atoms. The van der Waals surface area contributed by atoms with Gasteiger partial charge < -0.3 is 14.6 Å². The monoisotopic (exact) mass is 259 g/mol. The molecule has 1 aliphatic heterocycles. The Labute approximate surface area is 113 Å². The molecule has 2 heterocycles. The van der Waals surface area contributed by atoms with Crippen LogP contribution in [0.1, 0.15) is 26.3 Å². The van der Waals surface area contributed by atoms with Gasteiger partial charge in [0.1, 0.15) is 5.52 Å². The van der Waals surface area contributed by atoms with Gasteiger partial charge in [0, 0.05) is 26.2 Å². The molecule has 0 unspecified atom stereocenters. The second kappa shape index (κ2) is 4.53. The first kappa shape index (κ1) is 12.5. The summed E-state index contributed by atoms with van der Waals surface area (Å²) in [6, 6.07) is 4.41. The number of benzene rings is 1. The van der Waals surface area contributed by atoms with Crippen molar-refractivity contribution in [3.05, 3.63) is 24.1 Å². The predicted molar refractivity (Wildman–Crippen MR) is 77.8 cm³/mol. The molecule has 0 amide bonds. The molecule has 1 aliphatic rings. The number of hydrogen-bond acceptors (Lipinski definition) is 4. The van der Waals surface area contributed by atoms with E-state index in [0.717, 1.165) is 37.3 Å². The standard InChI is InChI=1S/C15H21N3O/c1-15(2,3)11-8-12-14(19-10-17-12)13(9-11)18-6-4-16-5-7-18/h8-10,16H,4-7H2,1-3H3. The normalized spacial score (nSPS) is 17.1. The predicted octanol–water partition coefficient (Wildman–Crippen LogP) is 2.53. The van der Waals surface area contributed by atoms with E-state index >= 15 is 0 Å². The van der Waals surface area contributed by atoms with Crippen molar-refractivity contribution < 1.29 is 4.42 Å². The van der Waals surface area contributed by atoms with Crippen molar-refractivity contribution in [2.24, 2.45) is 0 Å². The summed E-state index contributed by atoms with van der Waals surface area (Å²) in [5, 5.41) is 3.38. The van der Waals surface area contributed by atoms with Gasteiger partial charge in [0.2, 0.25) is 0 Å². The summed E-state index contributed by atoms with van der Waals surface area (Å²) in [6.45, 7) is 10.8. The first-order valence-electron chi connectivity index (χ1n) is 6.89. The summed E-state index contributed by atoms with van der Waals surface area (Å²) in [5.74, 6) is 0. The zero-order valence-electron chi connectivity index (χ0n) is 11.9. The SMILES string of the molecule is CC(C)(C)c1cc(N2CCNCC2)c2ocnc2c1. The Morgan fingerprint density at radius 2 is 1.95 bits per heavy atom. The lowest BCUT2D eigenvalue weighted by Crippen LogP contribution is -2.43. The van der Waals surface area contributed by atoms with Crippen LogP contribution in [0, 0.1) is 0 Å². The molecule has 1 aromatic carbocycles. The van der Waals surface area contributed by atoms with Crippen LogP contribution in [0.25, 0.3) is 11.1 Å². The molecule has 1 N–H and O–H groups in total. The molecule has 3 rings (SSSR count). The number of piperazine rings is 1. The number of hydrogen-bond donors (Lipinski definition) is 1. The molecule has 4 nitrogen and oxygen atoms in total. The van der Waals surface area contributed by atoms with Gasteiger partial charge in [-0.1, -0.05) is 20.8 Å². The Hall–Kier alpha value is -1.55. The maximum Gasteiger partial charge on any atom is 0.182 e. The Morgan fingerprint density at radius 3 is 2.63 bits per heavy atom. The maximum atomic E-state index is 5.60. The second-order valence-corrected chi connectivity index (χ2v) is 6.18. The molecule has 2 aromatic rings. The van der Waals surface area contributed by atoms with E-state index in [-0.39, 0.29) is 5.41 Å². The Balaban J connectivity index is 2.12. The molecule has 0 bridgehead atoms. The minimum atomic E-state index is 0.121. The van der Waals surface area contributed by atoms with Gasteiger partial charge in [-0.25, -0.2) is 4.98 Å². The third kappa shape index (κ3) is 2.32. The van der Waals surface area contributed by atoms with E-state index in [2.05, 4.69) is 48.1 Å². The fourth-order valence-electron chi connectivity index (χ4n) is 2.52. The van der Waals surface area contributed by atoms with Crippen molar-refractivity contribution in [1.82, 2.24) is 10.3 Å². The van der Waals surface area contributed by atoms with Crippen LogP contribution in [-0.4, -0.2) is 31.2 Å². The molecule has 19 heavy (non-hydrogen) atoms. The van der Waals surface area contributed by atoms with Gasteiger partial charge >= 0.3 is 0 Å². The Kier molecular flexibility index (Phi) is 2.97. The average Bonchev–Trinajstić information content (AvgIpc) is 2.85. The summed E-state index contributed by atoms with van der Waals surface area (Å²) in [7, 11) is 0. The fraction of sp³-hybridized carbons (Fsp3) is 0.533. The first-order chi connectivity index (χ1) is 9.05. The molecule has 1 fully saturated rings. The summed E-state index contributed by atoms with van der Waals surface area (Å²) in [5.41, 5.74) is 4.48. The van der Waals surface area contributed by atoms with Gasteiger partial charge in [-0.3, -0.25) is 0 Å². The number of fused-ring (bicyclic) bond motifs is 1. The molecular formula is C15H21N3O. The number of rotatable bonds is 1. The summed E-state index contributed by atoms with van der Waals surface area (Å²) < 4.78 is 5.60. The molecule has 4 heteroatoms. The van der Waals surface area contributed by atoms with Crippen LogP contribution in [0.4, 0.5) is 5.69 Å². The highest BCUT2D eigenvalue weighted by Gasteiger charge is 2.21. The number of nitrogens with one attached hydrogen (secondary N) is 1. The van der Waals surface area contributed by atoms with Crippen molar-refractivity contribution in [3.8, 4) is 0 Å². The number of anilines is 1. The minimum absolute atomic E-state index is 0.121. The lowest BCUT2D eigenvalue weighted by molar-refractivity contribution is 0.570. The topological polar surface area (TPSA) is 41.3 Å². The lowest BCUT2D eigenvalue weighted by Gasteiger charge is -2.30. The van der Waals surface area contributed by atoms with Crippen molar-refractivity contribution >= 4 is 16.8 Å². The lowest BCUT2D eigenvalue weighted by atomic mass is 9.86. The number of oxazole rings is 1. The van der Waals surface area contributed by atoms with Crippen LogP contribution in [0.5, 0.6) is 0 Å². The summed E-state index contributed by atoms with van der Waals surface area (Å²) in [6.07, 6.45) is 1.54. The van der Waals surface area contributed by atoms with Crippen molar-refractivity contribution in [2.45, 2.75) is 26.2 Å². The van der Waals surface area contributed by atoms with Gasteiger partial charge in [0.05, 0.1) is 5.69 Å². The highest BCUT2D eigenvalue weighted by atomic mass is 16.3. The molecule has 0 aliphatic carbocycles. The van der Waals surface area contributed by atoms with Gasteiger partial charge in [0.15, 0.2) is 12.0 Å². The van der Waals surface area contributed by atoms with E-state index in [4.69, 9.17) is 4.42 Å². The van der Waals surface area contributed by atoms with Crippen LogP contribution < -0.4 is 10.2 Å². The smallest absolute Gasteiger partial charge is 0.182 e. The fourth-order valence-corrected chi connectivity index (χ4v) is 2.52. The second-order valence-electron chi connectivity index (χ2n) is 6.18. The number of aromatic nitrogens is 1. The first-order valence-corrected chi connectivity index (χ1v) is 6.89. The van der Waals surface area contributed by atoms with Crippen LogP contribution in [-0.2, 0) is 5.41 Å². The van der Waals surface area contributed by atoms with Crippen LogP contribution in [0.15, 0.2) is 22.9 Å². The zero-order chi connectivity index (χ0) is 13.5. The molecular weight excluding hydrogens is 238 g/mol. The Bertz CT molecular complexity index is 577. The van der Waals surface area contributed by atoms with Gasteiger partial charge in [-0.15, -0.1) is 0 Å². The van der Waals surface area contributed by atoms with E-state index in [0.29, 0.717) is 0 Å². The number of nitrogens with zero attached hydrogens (tertiary/aromatic N) is 2. The molecule has 1 saturated heterocycles. The van der Waals surface area contributed by atoms with Gasteiger partial charge in [-0.05, 0) is 23.1 Å². The zero-order valence-corrected chi connectivity index (χ0v) is 11.9. The van der Waals surface area contributed by atoms with Crippen molar-refractivity contribution in [2.75, 3.05) is 31.1 Å². The van der Waals surface area contributed by atoms with E-state index < -0.39 is 0 Å². The van der Waals surface area contributed by atoms with Gasteiger partial charge in [-0.2, -0.15) is 0 Å². The summed E-state index contributed by atoms with van der Waals surface area (Å²) >= 11 is 0. The third-order valence-corrected chi connectivity index (χ3v) is 3.74. The molecule has 1 aromatic heterocycles. The largest absolute Gasteiger partial charge is 0.441 e. The van der Waals surface area contributed by atoms with Gasteiger partial charge in [0.25, 0.3) is 0 Å². The van der Waals surface area contributed by atoms with Crippen molar-refractivity contribution in [1.29, 1.82) is 0 Å². The highest BCUT2D eigenvalue weighted by Crippen LogP contribution is 2.33. The third-order valence-electron chi connectivity index (χ3n) is 3.74. The van der Waals surface area contributed by atoms with E-state index in [1.807, 2.05) is 0 Å². The maximum absolute atomic E-state index is 5.60. The average molecular weight is 259 g/mol. The molecule has 102 valence electrons. The van der Waals surface area contributed by atoms with E-state index in [9.17, 15) is 0 Å². The van der Waals surface area contributed by atoms with Crippen LogP contribution >= 0.6 is 0 Å². The Morgan fingerprint density at radius 1 is 1.21 bits per heavy atom. The van der Waals surface area contributed by atoms with Crippen molar-refractivity contribution in [3.63, 3.8) is 0 Å². The molecule has 0 atom stereocenters. The van der Waals surface area contributed by atoms with Crippen LogP contribution in [0.2, 0.25) is 0 Å². The van der Waals surface area contributed by atoms with E-state index in [1.54, 1.807) is 6.39 Å². The van der Waals surface area contributed by atoms with E-state index in [1.165, 1.54) is 11.3 Å². The quantitative estimate of drug-likeness (QED) is 0.854. The van der Waals surface area contributed by atoms with Crippen LogP contribution in [0.3, 0.4) is 0 Å². The highest BCUT2D eigenvalue weighted by molar-refractivity contribution is 5.87.